The lowest BCUT2D eigenvalue weighted by molar-refractivity contribution is 0.627. The highest BCUT2D eigenvalue weighted by Gasteiger charge is 2.09. The molecule has 0 saturated carbocycles. The van der Waals surface area contributed by atoms with E-state index in [0.717, 1.165) is 22.6 Å². The van der Waals surface area contributed by atoms with E-state index in [4.69, 9.17) is 11.6 Å². The third-order valence-corrected chi connectivity index (χ3v) is 3.55. The van der Waals surface area contributed by atoms with Crippen LogP contribution in [0.2, 0.25) is 5.02 Å². The summed E-state index contributed by atoms with van der Waals surface area (Å²) in [4.78, 5) is 0. The molecule has 0 atom stereocenters. The molecule has 1 N–H and O–H groups in total. The minimum atomic E-state index is -0.275. The number of hydrogen-bond acceptors (Lipinski definition) is 3. The Morgan fingerprint density at radius 1 is 1.27 bits per heavy atom. The van der Waals surface area contributed by atoms with Crippen LogP contribution in [0.3, 0.4) is 0 Å². The average molecular weight is 320 g/mol. The molecule has 0 amide bonds. The van der Waals surface area contributed by atoms with Gasteiger partial charge in [-0.3, -0.25) is 5.01 Å². The molecule has 0 saturated heterocycles. The first-order valence-electron chi connectivity index (χ1n) is 7.11. The summed E-state index contributed by atoms with van der Waals surface area (Å²) in [7, 11) is 1.85. The molecule has 0 fully saturated rings. The lowest BCUT2D eigenvalue weighted by atomic mass is 10.1. The lowest BCUT2D eigenvalue weighted by Gasteiger charge is -2.19. The summed E-state index contributed by atoms with van der Waals surface area (Å²) in [6.07, 6.45) is 0. The van der Waals surface area contributed by atoms with Gasteiger partial charge in [0.25, 0.3) is 0 Å². The molecular formula is C17H19ClFN3. The minimum absolute atomic E-state index is 0.275. The highest BCUT2D eigenvalue weighted by Crippen LogP contribution is 2.22. The molecule has 3 nitrogen and oxygen atoms in total. The van der Waals surface area contributed by atoms with Crippen molar-refractivity contribution in [3.05, 3.63) is 58.9 Å². The van der Waals surface area contributed by atoms with E-state index in [1.165, 1.54) is 12.1 Å². The van der Waals surface area contributed by atoms with Gasteiger partial charge in [0.15, 0.2) is 0 Å². The van der Waals surface area contributed by atoms with Gasteiger partial charge < -0.3 is 5.32 Å². The van der Waals surface area contributed by atoms with Gasteiger partial charge in [-0.1, -0.05) is 17.7 Å². The molecule has 0 aliphatic rings. The fourth-order valence-corrected chi connectivity index (χ4v) is 2.39. The van der Waals surface area contributed by atoms with E-state index >= 15 is 0 Å². The average Bonchev–Trinajstić information content (AvgIpc) is 2.52. The normalized spacial score (nSPS) is 11.4. The van der Waals surface area contributed by atoms with Crippen LogP contribution in [0.4, 0.5) is 15.8 Å². The number of benzene rings is 2. The van der Waals surface area contributed by atoms with Gasteiger partial charge in [0.05, 0.1) is 11.4 Å². The molecule has 0 aliphatic carbocycles. The first kappa shape index (κ1) is 16.3. The zero-order valence-corrected chi connectivity index (χ0v) is 13.7. The van der Waals surface area contributed by atoms with Crippen molar-refractivity contribution in [3.8, 4) is 0 Å². The third-order valence-electron chi connectivity index (χ3n) is 3.32. The van der Waals surface area contributed by atoms with Crippen molar-refractivity contribution in [1.82, 2.24) is 0 Å². The predicted octanol–water partition coefficient (Wildman–Crippen LogP) is 4.77. The minimum Gasteiger partial charge on any atom is -0.388 e. The quantitative estimate of drug-likeness (QED) is 0.635. The number of rotatable bonds is 5. The summed E-state index contributed by atoms with van der Waals surface area (Å²) < 4.78 is 13.4. The highest BCUT2D eigenvalue weighted by molar-refractivity contribution is 6.31. The summed E-state index contributed by atoms with van der Waals surface area (Å²) in [6, 6.07) is 12.0. The van der Waals surface area contributed by atoms with E-state index in [2.05, 4.69) is 10.4 Å². The SMILES string of the molecule is CCN(/N=C(/C)c1cc(Cl)ccc1NC)c1cccc(F)c1. The second-order valence-corrected chi connectivity index (χ2v) is 5.26. The first-order chi connectivity index (χ1) is 10.5. The highest BCUT2D eigenvalue weighted by atomic mass is 35.5. The van der Waals surface area contributed by atoms with Crippen molar-refractivity contribution in [2.24, 2.45) is 5.10 Å². The van der Waals surface area contributed by atoms with Crippen molar-refractivity contribution in [3.63, 3.8) is 0 Å². The maximum Gasteiger partial charge on any atom is 0.125 e. The van der Waals surface area contributed by atoms with Crippen molar-refractivity contribution >= 4 is 28.7 Å². The molecule has 116 valence electrons. The van der Waals surface area contributed by atoms with E-state index < -0.39 is 0 Å². The van der Waals surface area contributed by atoms with Crippen LogP contribution in [0, 0.1) is 5.82 Å². The molecule has 0 spiro atoms. The fourth-order valence-electron chi connectivity index (χ4n) is 2.22. The van der Waals surface area contributed by atoms with Crippen LogP contribution < -0.4 is 10.3 Å². The Kier molecular flexibility index (Phi) is 5.39. The van der Waals surface area contributed by atoms with Gasteiger partial charge in [-0.2, -0.15) is 5.10 Å². The zero-order valence-electron chi connectivity index (χ0n) is 12.9. The molecular weight excluding hydrogens is 301 g/mol. The Labute approximate surface area is 135 Å². The summed E-state index contributed by atoms with van der Waals surface area (Å²) in [5.74, 6) is -0.275. The van der Waals surface area contributed by atoms with Crippen LogP contribution in [-0.4, -0.2) is 19.3 Å². The maximum atomic E-state index is 13.4. The van der Waals surface area contributed by atoms with Crippen LogP contribution in [0.5, 0.6) is 0 Å². The summed E-state index contributed by atoms with van der Waals surface area (Å²) >= 11 is 6.08. The molecule has 5 heteroatoms. The van der Waals surface area contributed by atoms with E-state index in [-0.39, 0.29) is 5.82 Å². The van der Waals surface area contributed by atoms with Gasteiger partial charge in [0.1, 0.15) is 5.82 Å². The Morgan fingerprint density at radius 2 is 2.05 bits per heavy atom. The summed E-state index contributed by atoms with van der Waals surface area (Å²) in [5.41, 5.74) is 3.39. The standard InChI is InChI=1S/C17H19ClFN3/c1-4-22(15-7-5-6-14(19)11-15)21-12(2)16-10-13(18)8-9-17(16)20-3/h5-11,20H,4H2,1-3H3/b21-12-. The zero-order chi connectivity index (χ0) is 16.1. The number of anilines is 2. The molecule has 0 bridgehead atoms. The topological polar surface area (TPSA) is 27.6 Å². The number of hydrazone groups is 1. The predicted molar refractivity (Wildman–Crippen MR) is 92.6 cm³/mol. The largest absolute Gasteiger partial charge is 0.388 e. The fraction of sp³-hybridized carbons (Fsp3) is 0.235. The molecule has 0 radical (unpaired) electrons. The van der Waals surface area contributed by atoms with Crippen molar-refractivity contribution in [2.45, 2.75) is 13.8 Å². The van der Waals surface area contributed by atoms with Gasteiger partial charge in [-0.15, -0.1) is 0 Å². The van der Waals surface area contributed by atoms with Crippen molar-refractivity contribution < 1.29 is 4.39 Å². The molecule has 2 aromatic carbocycles. The maximum absolute atomic E-state index is 13.4. The summed E-state index contributed by atoms with van der Waals surface area (Å²) in [6.45, 7) is 4.52. The van der Waals surface area contributed by atoms with E-state index in [9.17, 15) is 4.39 Å². The van der Waals surface area contributed by atoms with Gasteiger partial charge in [0.2, 0.25) is 0 Å². The van der Waals surface area contributed by atoms with Crippen LogP contribution >= 0.6 is 11.6 Å². The van der Waals surface area contributed by atoms with E-state index in [1.807, 2.05) is 45.2 Å². The van der Waals surface area contributed by atoms with Gasteiger partial charge in [-0.25, -0.2) is 4.39 Å². The second-order valence-electron chi connectivity index (χ2n) is 4.82. The van der Waals surface area contributed by atoms with Crippen molar-refractivity contribution in [1.29, 1.82) is 0 Å². The van der Waals surface area contributed by atoms with Gasteiger partial charge >= 0.3 is 0 Å². The summed E-state index contributed by atoms with van der Waals surface area (Å²) in [5, 5.41) is 10.1. The van der Waals surface area contributed by atoms with Crippen LogP contribution in [-0.2, 0) is 0 Å². The first-order valence-corrected chi connectivity index (χ1v) is 7.49. The molecule has 22 heavy (non-hydrogen) atoms. The Balaban J connectivity index is 2.39. The Bertz CT molecular complexity index is 685. The second kappa shape index (κ2) is 7.27. The smallest absolute Gasteiger partial charge is 0.125 e. The Morgan fingerprint density at radius 3 is 2.68 bits per heavy atom. The third kappa shape index (κ3) is 3.77. The number of hydrogen-bond donors (Lipinski definition) is 1. The van der Waals surface area contributed by atoms with Crippen molar-refractivity contribution in [2.75, 3.05) is 23.9 Å². The Hall–Kier alpha value is -2.07. The molecule has 2 rings (SSSR count). The number of halogens is 2. The molecule has 0 aliphatic heterocycles. The lowest BCUT2D eigenvalue weighted by Crippen LogP contribution is -2.18. The number of nitrogens with one attached hydrogen (secondary N) is 1. The van der Waals surface area contributed by atoms with Gasteiger partial charge in [-0.05, 0) is 50.2 Å². The molecule has 0 unspecified atom stereocenters. The van der Waals surface area contributed by atoms with Crippen LogP contribution in [0.25, 0.3) is 0 Å². The van der Waals surface area contributed by atoms with Crippen LogP contribution in [0.15, 0.2) is 47.6 Å². The molecule has 0 aromatic heterocycles. The monoisotopic (exact) mass is 319 g/mol. The molecule has 2 aromatic rings. The van der Waals surface area contributed by atoms with E-state index in [0.29, 0.717) is 11.6 Å². The van der Waals surface area contributed by atoms with E-state index in [1.54, 1.807) is 11.1 Å². The van der Waals surface area contributed by atoms with Gasteiger partial charge in [0, 0.05) is 29.9 Å². The molecule has 0 heterocycles. The number of nitrogens with zero attached hydrogens (tertiary/aromatic N) is 2. The van der Waals surface area contributed by atoms with Crippen LogP contribution in [0.1, 0.15) is 19.4 Å².